The fraction of sp³-hybridized carbons (Fsp3) is 0.562. The van der Waals surface area contributed by atoms with Gasteiger partial charge in [-0.1, -0.05) is 13.8 Å². The number of hydrogen-bond donors (Lipinski definition) is 1. The Balaban J connectivity index is 3.13. The summed E-state index contributed by atoms with van der Waals surface area (Å²) in [5.74, 6) is 1.20. The van der Waals surface area contributed by atoms with Crippen LogP contribution in [0, 0.1) is 0 Å². The number of benzene rings is 1. The molecule has 0 heterocycles. The zero-order valence-corrected chi connectivity index (χ0v) is 12.9. The van der Waals surface area contributed by atoms with Crippen LogP contribution in [0.5, 0.6) is 11.5 Å². The van der Waals surface area contributed by atoms with Crippen molar-refractivity contribution in [2.24, 2.45) is 5.73 Å². The average molecular weight is 279 g/mol. The highest BCUT2D eigenvalue weighted by atomic mass is 16.5. The van der Waals surface area contributed by atoms with E-state index in [1.165, 1.54) is 0 Å². The van der Waals surface area contributed by atoms with Crippen molar-refractivity contribution in [1.82, 2.24) is 0 Å². The Morgan fingerprint density at radius 1 is 1.05 bits per heavy atom. The van der Waals surface area contributed by atoms with E-state index in [0.717, 1.165) is 0 Å². The summed E-state index contributed by atoms with van der Waals surface area (Å²) in [4.78, 5) is 12.5. The molecule has 1 aromatic rings. The third-order valence-electron chi connectivity index (χ3n) is 3.52. The van der Waals surface area contributed by atoms with Crippen LogP contribution in [0.3, 0.4) is 0 Å². The first-order chi connectivity index (χ1) is 9.52. The number of carbonyl (C=O) groups excluding carboxylic acids is 1. The zero-order chi connectivity index (χ0) is 15.2. The van der Waals surface area contributed by atoms with E-state index in [1.54, 1.807) is 18.2 Å². The summed E-state index contributed by atoms with van der Waals surface area (Å²) in [5, 5.41) is 0. The number of hydrogen-bond acceptors (Lipinski definition) is 4. The molecule has 2 N–H and O–H groups in total. The average Bonchev–Trinajstić information content (AvgIpc) is 2.48. The Kier molecular flexibility index (Phi) is 6.02. The van der Waals surface area contributed by atoms with Gasteiger partial charge in [-0.15, -0.1) is 0 Å². The molecule has 1 rings (SSSR count). The minimum atomic E-state index is -0.809. The van der Waals surface area contributed by atoms with Gasteiger partial charge in [0, 0.05) is 5.56 Å². The molecule has 0 bridgehead atoms. The maximum Gasteiger partial charge on any atom is 0.182 e. The van der Waals surface area contributed by atoms with Crippen molar-refractivity contribution >= 4 is 5.78 Å². The molecule has 0 amide bonds. The maximum atomic E-state index is 12.5. The minimum absolute atomic E-state index is 0.0495. The normalized spacial score (nSPS) is 11.2. The SMILES string of the molecule is CCOc1ccc(C(=O)C(N)(CC)CC)cc1OCC. The molecule has 112 valence electrons. The van der Waals surface area contributed by atoms with E-state index < -0.39 is 5.54 Å². The van der Waals surface area contributed by atoms with Gasteiger partial charge in [-0.3, -0.25) is 4.79 Å². The van der Waals surface area contributed by atoms with Gasteiger partial charge in [0.1, 0.15) is 0 Å². The molecule has 0 aliphatic rings. The summed E-state index contributed by atoms with van der Waals surface area (Å²) >= 11 is 0. The summed E-state index contributed by atoms with van der Waals surface area (Å²) < 4.78 is 11.0. The van der Waals surface area contributed by atoms with Crippen molar-refractivity contribution < 1.29 is 14.3 Å². The Labute approximate surface area is 121 Å². The summed E-state index contributed by atoms with van der Waals surface area (Å²) in [6, 6.07) is 5.25. The molecule has 0 aliphatic heterocycles. The van der Waals surface area contributed by atoms with Crippen molar-refractivity contribution in [2.45, 2.75) is 46.1 Å². The van der Waals surface area contributed by atoms with Crippen LogP contribution in [0.25, 0.3) is 0 Å². The number of Topliss-reactive ketones (excluding diaryl/α,β-unsaturated/α-hetero) is 1. The molecule has 0 unspecified atom stereocenters. The van der Waals surface area contributed by atoms with Crippen LogP contribution >= 0.6 is 0 Å². The van der Waals surface area contributed by atoms with Crippen LogP contribution in [-0.4, -0.2) is 24.5 Å². The predicted molar refractivity (Wildman–Crippen MR) is 80.6 cm³/mol. The van der Waals surface area contributed by atoms with E-state index in [1.807, 2.05) is 27.7 Å². The number of rotatable bonds is 8. The van der Waals surface area contributed by atoms with E-state index >= 15 is 0 Å². The first kappa shape index (κ1) is 16.5. The molecule has 0 saturated carbocycles. The molecule has 20 heavy (non-hydrogen) atoms. The number of carbonyl (C=O) groups is 1. The lowest BCUT2D eigenvalue weighted by atomic mass is 9.85. The quantitative estimate of drug-likeness (QED) is 0.742. The lowest BCUT2D eigenvalue weighted by Gasteiger charge is -2.25. The first-order valence-electron chi connectivity index (χ1n) is 7.25. The van der Waals surface area contributed by atoms with Crippen molar-refractivity contribution in [3.8, 4) is 11.5 Å². The predicted octanol–water partition coefficient (Wildman–Crippen LogP) is 3.18. The molecule has 1 aromatic carbocycles. The highest BCUT2D eigenvalue weighted by Crippen LogP contribution is 2.30. The summed E-state index contributed by atoms with van der Waals surface area (Å²) in [5.41, 5.74) is 5.93. The monoisotopic (exact) mass is 279 g/mol. The Bertz CT molecular complexity index is 453. The second kappa shape index (κ2) is 7.29. The van der Waals surface area contributed by atoms with Crippen LogP contribution in [0.1, 0.15) is 50.9 Å². The van der Waals surface area contributed by atoms with E-state index in [-0.39, 0.29) is 5.78 Å². The molecule has 0 aromatic heterocycles. The van der Waals surface area contributed by atoms with E-state index in [9.17, 15) is 4.79 Å². The van der Waals surface area contributed by atoms with Crippen molar-refractivity contribution in [1.29, 1.82) is 0 Å². The third-order valence-corrected chi connectivity index (χ3v) is 3.52. The molecular formula is C16H25NO3. The molecule has 0 atom stereocenters. The lowest BCUT2D eigenvalue weighted by molar-refractivity contribution is 0.0879. The van der Waals surface area contributed by atoms with Crippen LogP contribution < -0.4 is 15.2 Å². The van der Waals surface area contributed by atoms with Gasteiger partial charge in [0.2, 0.25) is 0 Å². The van der Waals surface area contributed by atoms with Crippen molar-refractivity contribution in [3.63, 3.8) is 0 Å². The highest BCUT2D eigenvalue weighted by molar-refractivity contribution is 6.03. The Morgan fingerprint density at radius 2 is 1.60 bits per heavy atom. The van der Waals surface area contributed by atoms with Crippen molar-refractivity contribution in [3.05, 3.63) is 23.8 Å². The minimum Gasteiger partial charge on any atom is -0.490 e. The molecule has 0 aliphatic carbocycles. The fourth-order valence-corrected chi connectivity index (χ4v) is 2.05. The second-order valence-corrected chi connectivity index (χ2v) is 4.72. The van der Waals surface area contributed by atoms with Gasteiger partial charge in [0.05, 0.1) is 18.8 Å². The Hall–Kier alpha value is -1.55. The summed E-state index contributed by atoms with van der Waals surface area (Å²) in [6.07, 6.45) is 1.22. The molecule has 0 saturated heterocycles. The molecule has 0 fully saturated rings. The van der Waals surface area contributed by atoms with E-state index in [0.29, 0.717) is 43.1 Å². The third kappa shape index (κ3) is 3.51. The van der Waals surface area contributed by atoms with Crippen LogP contribution in [0.15, 0.2) is 18.2 Å². The number of nitrogens with two attached hydrogens (primary N) is 1. The molecule has 0 spiro atoms. The van der Waals surface area contributed by atoms with Gasteiger partial charge in [0.25, 0.3) is 0 Å². The van der Waals surface area contributed by atoms with Gasteiger partial charge in [-0.2, -0.15) is 0 Å². The zero-order valence-electron chi connectivity index (χ0n) is 12.9. The smallest absolute Gasteiger partial charge is 0.182 e. The standard InChI is InChI=1S/C16H25NO3/c1-5-16(17,6-2)15(18)12-9-10-13(19-7-3)14(11-12)20-8-4/h9-11H,5-8,17H2,1-4H3. The second-order valence-electron chi connectivity index (χ2n) is 4.72. The van der Waals surface area contributed by atoms with Gasteiger partial charge in [0.15, 0.2) is 17.3 Å². The number of ketones is 1. The largest absolute Gasteiger partial charge is 0.490 e. The van der Waals surface area contributed by atoms with Crippen LogP contribution in [-0.2, 0) is 0 Å². The molecule has 0 radical (unpaired) electrons. The van der Waals surface area contributed by atoms with Gasteiger partial charge >= 0.3 is 0 Å². The van der Waals surface area contributed by atoms with Crippen LogP contribution in [0.4, 0.5) is 0 Å². The number of ether oxygens (including phenoxy) is 2. The Morgan fingerprint density at radius 3 is 2.10 bits per heavy atom. The fourth-order valence-electron chi connectivity index (χ4n) is 2.05. The van der Waals surface area contributed by atoms with E-state index in [2.05, 4.69) is 0 Å². The summed E-state index contributed by atoms with van der Waals surface area (Å²) in [7, 11) is 0. The van der Waals surface area contributed by atoms with Gasteiger partial charge in [-0.05, 0) is 44.9 Å². The summed E-state index contributed by atoms with van der Waals surface area (Å²) in [6.45, 7) is 8.74. The van der Waals surface area contributed by atoms with Gasteiger partial charge in [-0.25, -0.2) is 0 Å². The molecule has 4 heteroatoms. The highest BCUT2D eigenvalue weighted by Gasteiger charge is 2.31. The van der Waals surface area contributed by atoms with Crippen LogP contribution in [0.2, 0.25) is 0 Å². The topological polar surface area (TPSA) is 61.5 Å². The maximum absolute atomic E-state index is 12.5. The first-order valence-corrected chi connectivity index (χ1v) is 7.25. The molecular weight excluding hydrogens is 254 g/mol. The van der Waals surface area contributed by atoms with E-state index in [4.69, 9.17) is 15.2 Å². The lowest BCUT2D eigenvalue weighted by Crippen LogP contribution is -2.46. The molecule has 4 nitrogen and oxygen atoms in total. The van der Waals surface area contributed by atoms with Gasteiger partial charge < -0.3 is 15.2 Å². The van der Waals surface area contributed by atoms with Crippen molar-refractivity contribution in [2.75, 3.05) is 13.2 Å².